The van der Waals surface area contributed by atoms with Gasteiger partial charge in [-0.1, -0.05) is 6.07 Å². The Labute approximate surface area is 117 Å². The van der Waals surface area contributed by atoms with Gasteiger partial charge in [0.2, 0.25) is 0 Å². The van der Waals surface area contributed by atoms with Crippen LogP contribution in [0.2, 0.25) is 0 Å². The van der Waals surface area contributed by atoms with Gasteiger partial charge in [0.25, 0.3) is 0 Å². The van der Waals surface area contributed by atoms with Crippen molar-refractivity contribution in [2.45, 2.75) is 12.6 Å². The number of methoxy groups -OCH3 is 1. The van der Waals surface area contributed by atoms with E-state index in [1.807, 2.05) is 0 Å². The molecule has 1 rings (SSSR count). The van der Waals surface area contributed by atoms with E-state index in [4.69, 9.17) is 15.6 Å². The van der Waals surface area contributed by atoms with E-state index in [-0.39, 0.29) is 35.5 Å². The van der Waals surface area contributed by atoms with E-state index in [0.717, 1.165) is 0 Å². The van der Waals surface area contributed by atoms with Gasteiger partial charge in [0.15, 0.2) is 0 Å². The van der Waals surface area contributed by atoms with Gasteiger partial charge in [0.05, 0.1) is 18.4 Å². The molecule has 0 saturated carbocycles. The molecular weight excluding hydrogens is 293 g/mol. The summed E-state index contributed by atoms with van der Waals surface area (Å²) in [5.74, 6) is -3.26. The first-order valence-corrected chi connectivity index (χ1v) is 5.72. The summed E-state index contributed by atoms with van der Waals surface area (Å²) in [5, 5.41) is 10.8. The number of carboxylic acids is 1. The number of hydrogen-bond acceptors (Lipinski definition) is 4. The van der Waals surface area contributed by atoms with Crippen LogP contribution in [-0.2, 0) is 11.2 Å². The largest absolute Gasteiger partial charge is 0.495 e. The van der Waals surface area contributed by atoms with Crippen molar-refractivity contribution in [2.24, 2.45) is 0 Å². The molecule has 21 heavy (non-hydrogen) atoms. The van der Waals surface area contributed by atoms with Gasteiger partial charge < -0.3 is 20.9 Å². The molecule has 116 valence electrons. The molecule has 6 nitrogen and oxygen atoms in total. The van der Waals surface area contributed by atoms with Crippen LogP contribution < -0.4 is 15.8 Å². The van der Waals surface area contributed by atoms with Crippen molar-refractivity contribution in [2.75, 3.05) is 19.4 Å². The van der Waals surface area contributed by atoms with Crippen molar-refractivity contribution in [1.82, 2.24) is 5.32 Å². The molecule has 0 aromatic heterocycles. The molecular formula is C12H13F3N2O4. The van der Waals surface area contributed by atoms with Gasteiger partial charge in [-0.3, -0.25) is 4.79 Å². The zero-order valence-corrected chi connectivity index (χ0v) is 11.0. The summed E-state index contributed by atoms with van der Waals surface area (Å²) in [7, 11) is 1.31. The zero-order valence-electron chi connectivity index (χ0n) is 11.0. The number of nitrogens with one attached hydrogen (secondary N) is 1. The highest BCUT2D eigenvalue weighted by Gasteiger charge is 2.38. The summed E-state index contributed by atoms with van der Waals surface area (Å²) in [5.41, 5.74) is 5.45. The predicted molar refractivity (Wildman–Crippen MR) is 67.1 cm³/mol. The smallest absolute Gasteiger partial charge is 0.471 e. The van der Waals surface area contributed by atoms with E-state index in [2.05, 4.69) is 0 Å². The van der Waals surface area contributed by atoms with Crippen LogP contribution in [0.4, 0.5) is 18.9 Å². The number of halogens is 3. The summed E-state index contributed by atoms with van der Waals surface area (Å²) in [6.45, 7) is -0.371. The van der Waals surface area contributed by atoms with Crippen LogP contribution in [0.25, 0.3) is 0 Å². The minimum Gasteiger partial charge on any atom is -0.495 e. The lowest BCUT2D eigenvalue weighted by atomic mass is 10.0. The van der Waals surface area contributed by atoms with Gasteiger partial charge in [-0.05, 0) is 18.1 Å². The average molecular weight is 306 g/mol. The van der Waals surface area contributed by atoms with Crippen LogP contribution >= 0.6 is 0 Å². The van der Waals surface area contributed by atoms with Crippen molar-refractivity contribution in [3.05, 3.63) is 23.3 Å². The van der Waals surface area contributed by atoms with Gasteiger partial charge >= 0.3 is 18.1 Å². The molecule has 0 atom stereocenters. The second kappa shape index (κ2) is 6.33. The molecule has 0 aliphatic carbocycles. The zero-order chi connectivity index (χ0) is 16.2. The molecule has 0 fully saturated rings. The van der Waals surface area contributed by atoms with E-state index >= 15 is 0 Å². The molecule has 0 spiro atoms. The highest BCUT2D eigenvalue weighted by molar-refractivity contribution is 5.97. The molecule has 0 heterocycles. The molecule has 0 aliphatic rings. The maximum absolute atomic E-state index is 12.0. The predicted octanol–water partition coefficient (Wildman–Crippen LogP) is 1.20. The van der Waals surface area contributed by atoms with Crippen LogP contribution in [0.15, 0.2) is 12.1 Å². The lowest BCUT2D eigenvalue weighted by molar-refractivity contribution is -0.173. The van der Waals surface area contributed by atoms with Gasteiger partial charge in [0.1, 0.15) is 5.75 Å². The van der Waals surface area contributed by atoms with Crippen LogP contribution in [0.3, 0.4) is 0 Å². The third-order valence-corrected chi connectivity index (χ3v) is 2.66. The Kier molecular flexibility index (Phi) is 5.01. The SMILES string of the molecule is COc1ccc(CCNC(=O)C(F)(F)F)c(C(=O)O)c1N. The molecule has 1 amide bonds. The number of hydrogen-bond donors (Lipinski definition) is 3. The fourth-order valence-electron chi connectivity index (χ4n) is 1.70. The molecule has 1 aromatic rings. The summed E-state index contributed by atoms with van der Waals surface area (Å²) >= 11 is 0. The third kappa shape index (κ3) is 4.01. The lowest BCUT2D eigenvalue weighted by Gasteiger charge is -2.13. The van der Waals surface area contributed by atoms with E-state index < -0.39 is 18.1 Å². The molecule has 0 radical (unpaired) electrons. The van der Waals surface area contributed by atoms with E-state index in [1.54, 1.807) is 5.32 Å². The number of rotatable bonds is 5. The fraction of sp³-hybridized carbons (Fsp3) is 0.333. The highest BCUT2D eigenvalue weighted by atomic mass is 19.4. The Balaban J connectivity index is 2.87. The standard InChI is InChI=1S/C12H13F3N2O4/c1-21-7-3-2-6(8(9(7)16)10(18)19)4-5-17-11(20)12(13,14)15/h2-3H,4-5,16H2,1H3,(H,17,20)(H,18,19). The van der Waals surface area contributed by atoms with Crippen molar-refractivity contribution >= 4 is 17.6 Å². The topological polar surface area (TPSA) is 102 Å². The van der Waals surface area contributed by atoms with Crippen molar-refractivity contribution in [3.8, 4) is 5.75 Å². The van der Waals surface area contributed by atoms with E-state index in [1.165, 1.54) is 19.2 Å². The number of benzene rings is 1. The van der Waals surface area contributed by atoms with Gasteiger partial charge in [-0.25, -0.2) is 4.79 Å². The number of anilines is 1. The Hall–Kier alpha value is -2.45. The number of alkyl halides is 3. The third-order valence-electron chi connectivity index (χ3n) is 2.66. The number of carbonyl (C=O) groups is 2. The van der Waals surface area contributed by atoms with Gasteiger partial charge in [0, 0.05) is 6.54 Å². The van der Waals surface area contributed by atoms with E-state index in [0.29, 0.717) is 0 Å². The minimum absolute atomic E-state index is 0.113. The van der Waals surface area contributed by atoms with Gasteiger partial charge in [-0.15, -0.1) is 0 Å². The number of carboxylic acid groups (broad SMARTS) is 1. The monoisotopic (exact) mass is 306 g/mol. The van der Waals surface area contributed by atoms with Crippen LogP contribution in [-0.4, -0.2) is 36.8 Å². The number of nitrogens with two attached hydrogens (primary N) is 1. The summed E-state index contributed by atoms with van der Waals surface area (Å²) in [4.78, 5) is 21.8. The maximum atomic E-state index is 12.0. The van der Waals surface area contributed by atoms with Crippen LogP contribution in [0.5, 0.6) is 5.75 Å². The van der Waals surface area contributed by atoms with Crippen LogP contribution in [0, 0.1) is 0 Å². The van der Waals surface area contributed by atoms with E-state index in [9.17, 15) is 22.8 Å². The minimum atomic E-state index is -4.98. The van der Waals surface area contributed by atoms with Gasteiger partial charge in [-0.2, -0.15) is 13.2 Å². The number of aromatic carboxylic acids is 1. The Morgan fingerprint density at radius 3 is 2.48 bits per heavy atom. The van der Waals surface area contributed by atoms with Crippen LogP contribution in [0.1, 0.15) is 15.9 Å². The Morgan fingerprint density at radius 2 is 2.00 bits per heavy atom. The fourth-order valence-corrected chi connectivity index (χ4v) is 1.70. The summed E-state index contributed by atoms with van der Waals surface area (Å²) in [6, 6.07) is 2.78. The molecule has 0 saturated heterocycles. The molecule has 9 heteroatoms. The number of nitrogen functional groups attached to an aromatic ring is 1. The lowest BCUT2D eigenvalue weighted by Crippen LogP contribution is -2.37. The second-order valence-corrected chi connectivity index (χ2v) is 4.02. The first-order valence-electron chi connectivity index (χ1n) is 5.72. The first-order chi connectivity index (χ1) is 9.68. The number of ether oxygens (including phenoxy) is 1. The summed E-state index contributed by atoms with van der Waals surface area (Å²) in [6.07, 6.45) is -5.09. The molecule has 0 bridgehead atoms. The normalized spacial score (nSPS) is 11.0. The summed E-state index contributed by atoms with van der Waals surface area (Å²) < 4.78 is 40.9. The highest BCUT2D eigenvalue weighted by Crippen LogP contribution is 2.28. The second-order valence-electron chi connectivity index (χ2n) is 4.02. The Morgan fingerprint density at radius 1 is 1.38 bits per heavy atom. The quantitative estimate of drug-likeness (QED) is 0.709. The molecule has 1 aromatic carbocycles. The molecule has 0 aliphatic heterocycles. The first kappa shape index (κ1) is 16.6. The van der Waals surface area contributed by atoms with Crippen molar-refractivity contribution in [1.29, 1.82) is 0 Å². The molecule has 0 unspecified atom stereocenters. The molecule has 4 N–H and O–H groups in total. The van der Waals surface area contributed by atoms with Crippen molar-refractivity contribution in [3.63, 3.8) is 0 Å². The van der Waals surface area contributed by atoms with Crippen molar-refractivity contribution < 1.29 is 32.6 Å². The Bertz CT molecular complexity index is 558. The maximum Gasteiger partial charge on any atom is 0.471 e. The number of carbonyl (C=O) groups excluding carboxylic acids is 1. The average Bonchev–Trinajstić information content (AvgIpc) is 2.37. The number of amides is 1.